The molecule has 0 heterocycles. The molecule has 0 radical (unpaired) electrons. The van der Waals surface area contributed by atoms with Gasteiger partial charge in [0.2, 0.25) is 10.0 Å². The van der Waals surface area contributed by atoms with Gasteiger partial charge in [-0.05, 0) is 13.0 Å². The molecule has 1 unspecified atom stereocenters. The Balaban J connectivity index is 3.23. The van der Waals surface area contributed by atoms with Gasteiger partial charge in [-0.3, -0.25) is 10.1 Å². The van der Waals surface area contributed by atoms with E-state index in [0.29, 0.717) is 0 Å². The van der Waals surface area contributed by atoms with Crippen molar-refractivity contribution in [2.24, 2.45) is 5.73 Å². The molecule has 18 heavy (non-hydrogen) atoms. The average molecular weight is 294 g/mol. The van der Waals surface area contributed by atoms with Crippen LogP contribution in [-0.2, 0) is 10.0 Å². The monoisotopic (exact) mass is 293 g/mol. The Hall–Kier alpha value is -1.22. The van der Waals surface area contributed by atoms with Crippen molar-refractivity contribution in [3.63, 3.8) is 0 Å². The third-order valence-electron chi connectivity index (χ3n) is 2.13. The summed E-state index contributed by atoms with van der Waals surface area (Å²) in [6.07, 6.45) is 0. The van der Waals surface area contributed by atoms with Gasteiger partial charge in [0.1, 0.15) is 4.90 Å². The molecular formula is C9H12ClN3O4S. The topological polar surface area (TPSA) is 115 Å². The number of hydrogen-bond donors (Lipinski definition) is 2. The predicted molar refractivity (Wildman–Crippen MR) is 66.9 cm³/mol. The zero-order valence-electron chi connectivity index (χ0n) is 9.46. The molecule has 100 valence electrons. The number of nitrogens with one attached hydrogen (secondary N) is 1. The Morgan fingerprint density at radius 2 is 2.17 bits per heavy atom. The van der Waals surface area contributed by atoms with Gasteiger partial charge in [-0.2, -0.15) is 0 Å². The molecule has 0 aromatic heterocycles. The summed E-state index contributed by atoms with van der Waals surface area (Å²) in [5.74, 6) is 0. The van der Waals surface area contributed by atoms with Gasteiger partial charge in [0, 0.05) is 24.7 Å². The molecule has 9 heteroatoms. The number of non-ortho nitro benzene ring substituents is 1. The van der Waals surface area contributed by atoms with Crippen molar-refractivity contribution in [1.82, 2.24) is 4.72 Å². The van der Waals surface area contributed by atoms with E-state index in [0.717, 1.165) is 12.1 Å². The smallest absolute Gasteiger partial charge is 0.270 e. The highest BCUT2D eigenvalue weighted by molar-refractivity contribution is 7.89. The summed E-state index contributed by atoms with van der Waals surface area (Å²) in [5.41, 5.74) is 4.96. The van der Waals surface area contributed by atoms with Gasteiger partial charge < -0.3 is 5.73 Å². The molecule has 3 N–H and O–H groups in total. The highest BCUT2D eigenvalue weighted by Gasteiger charge is 2.22. The number of hydrogen-bond acceptors (Lipinski definition) is 5. The number of benzene rings is 1. The van der Waals surface area contributed by atoms with Crippen molar-refractivity contribution in [1.29, 1.82) is 0 Å². The number of nitro benzene ring substituents is 1. The fourth-order valence-electron chi connectivity index (χ4n) is 1.19. The molecule has 0 spiro atoms. The minimum Gasteiger partial charge on any atom is -0.329 e. The second-order valence-electron chi connectivity index (χ2n) is 3.63. The first-order valence-corrected chi connectivity index (χ1v) is 6.80. The Labute approximate surface area is 109 Å². The maximum absolute atomic E-state index is 11.9. The van der Waals surface area contributed by atoms with Gasteiger partial charge >= 0.3 is 0 Å². The second kappa shape index (κ2) is 5.61. The Bertz CT molecular complexity index is 561. The number of halogens is 1. The van der Waals surface area contributed by atoms with E-state index < -0.39 is 21.0 Å². The summed E-state index contributed by atoms with van der Waals surface area (Å²) < 4.78 is 26.1. The number of sulfonamides is 1. The first-order valence-electron chi connectivity index (χ1n) is 4.94. The van der Waals surface area contributed by atoms with Gasteiger partial charge in [-0.15, -0.1) is 0 Å². The first-order chi connectivity index (χ1) is 8.27. The zero-order chi connectivity index (χ0) is 13.9. The van der Waals surface area contributed by atoms with Crippen LogP contribution < -0.4 is 10.5 Å². The van der Waals surface area contributed by atoms with Crippen molar-refractivity contribution < 1.29 is 13.3 Å². The molecule has 0 aliphatic rings. The molecule has 0 aliphatic heterocycles. The number of nitro groups is 1. The predicted octanol–water partition coefficient (Wildman–Crippen LogP) is 0.874. The molecule has 1 rings (SSSR count). The molecule has 0 aliphatic carbocycles. The molecule has 0 amide bonds. The van der Waals surface area contributed by atoms with Crippen molar-refractivity contribution in [2.45, 2.75) is 17.9 Å². The molecule has 1 aromatic carbocycles. The zero-order valence-corrected chi connectivity index (χ0v) is 11.0. The summed E-state index contributed by atoms with van der Waals surface area (Å²) in [5, 5.41) is 10.5. The van der Waals surface area contributed by atoms with Gasteiger partial charge in [0.25, 0.3) is 5.69 Å². The molecule has 0 saturated carbocycles. The van der Waals surface area contributed by atoms with Crippen LogP contribution in [0.5, 0.6) is 0 Å². The molecule has 0 saturated heterocycles. The molecule has 7 nitrogen and oxygen atoms in total. The average Bonchev–Trinajstić information content (AvgIpc) is 2.28. The quantitative estimate of drug-likeness (QED) is 0.617. The lowest BCUT2D eigenvalue weighted by molar-refractivity contribution is -0.385. The lowest BCUT2D eigenvalue weighted by Crippen LogP contribution is -2.37. The van der Waals surface area contributed by atoms with Crippen LogP contribution in [0, 0.1) is 10.1 Å². The highest BCUT2D eigenvalue weighted by Crippen LogP contribution is 2.26. The molecule has 0 fully saturated rings. The minimum atomic E-state index is -3.92. The van der Waals surface area contributed by atoms with E-state index in [9.17, 15) is 18.5 Å². The Kier molecular flexibility index (Phi) is 4.63. The van der Waals surface area contributed by atoms with Gasteiger partial charge in [-0.25, -0.2) is 13.1 Å². The van der Waals surface area contributed by atoms with Crippen LogP contribution >= 0.6 is 11.6 Å². The van der Waals surface area contributed by atoms with Crippen molar-refractivity contribution in [2.75, 3.05) is 6.54 Å². The molecular weight excluding hydrogens is 282 g/mol. The van der Waals surface area contributed by atoms with Crippen LogP contribution in [0.3, 0.4) is 0 Å². The fraction of sp³-hybridized carbons (Fsp3) is 0.333. The third-order valence-corrected chi connectivity index (χ3v) is 4.20. The summed E-state index contributed by atoms with van der Waals surface area (Å²) in [7, 11) is -3.92. The summed E-state index contributed by atoms with van der Waals surface area (Å²) >= 11 is 5.74. The lowest BCUT2D eigenvalue weighted by Gasteiger charge is -2.12. The van der Waals surface area contributed by atoms with Crippen LogP contribution in [0.4, 0.5) is 5.69 Å². The van der Waals surface area contributed by atoms with E-state index in [4.69, 9.17) is 17.3 Å². The standard InChI is InChI=1S/C9H12ClN3O4S/c1-6(5-11)12-18(16,17)9-4-7(13(14)15)2-3-8(9)10/h2-4,6,12H,5,11H2,1H3. The van der Waals surface area contributed by atoms with E-state index in [1.54, 1.807) is 6.92 Å². The Morgan fingerprint density at radius 3 is 2.67 bits per heavy atom. The van der Waals surface area contributed by atoms with Crippen molar-refractivity contribution in [3.05, 3.63) is 33.3 Å². The Morgan fingerprint density at radius 1 is 1.56 bits per heavy atom. The van der Waals surface area contributed by atoms with Gasteiger partial charge in [0.05, 0.1) is 9.95 Å². The van der Waals surface area contributed by atoms with E-state index in [1.165, 1.54) is 6.07 Å². The van der Waals surface area contributed by atoms with Crippen LogP contribution in [-0.4, -0.2) is 25.9 Å². The van der Waals surface area contributed by atoms with Crippen LogP contribution in [0.1, 0.15) is 6.92 Å². The maximum Gasteiger partial charge on any atom is 0.270 e. The highest BCUT2D eigenvalue weighted by atomic mass is 35.5. The SMILES string of the molecule is CC(CN)NS(=O)(=O)c1cc([N+](=O)[O-])ccc1Cl. The van der Waals surface area contributed by atoms with E-state index >= 15 is 0 Å². The first kappa shape index (κ1) is 14.8. The van der Waals surface area contributed by atoms with Crippen molar-refractivity contribution in [3.8, 4) is 0 Å². The number of rotatable bonds is 5. The van der Waals surface area contributed by atoms with Gasteiger partial charge in [0.15, 0.2) is 0 Å². The lowest BCUT2D eigenvalue weighted by atomic mass is 10.3. The number of nitrogens with zero attached hydrogens (tertiary/aromatic N) is 1. The fourth-order valence-corrected chi connectivity index (χ4v) is 2.96. The van der Waals surface area contributed by atoms with E-state index in [1.807, 2.05) is 0 Å². The summed E-state index contributed by atoms with van der Waals surface area (Å²) in [6.45, 7) is 1.68. The minimum absolute atomic E-state index is 0.0858. The second-order valence-corrected chi connectivity index (χ2v) is 5.72. The largest absolute Gasteiger partial charge is 0.329 e. The normalized spacial score (nSPS) is 13.3. The van der Waals surface area contributed by atoms with Crippen LogP contribution in [0.15, 0.2) is 23.1 Å². The third kappa shape index (κ3) is 3.39. The summed E-state index contributed by atoms with van der Waals surface area (Å²) in [4.78, 5) is 9.57. The molecule has 1 aromatic rings. The van der Waals surface area contributed by atoms with Crippen LogP contribution in [0.2, 0.25) is 5.02 Å². The van der Waals surface area contributed by atoms with Crippen molar-refractivity contribution >= 4 is 27.3 Å². The van der Waals surface area contributed by atoms with E-state index in [2.05, 4.69) is 4.72 Å². The van der Waals surface area contributed by atoms with Gasteiger partial charge in [-0.1, -0.05) is 11.6 Å². The molecule has 0 bridgehead atoms. The molecule has 1 atom stereocenters. The maximum atomic E-state index is 11.9. The van der Waals surface area contributed by atoms with Crippen LogP contribution in [0.25, 0.3) is 0 Å². The summed E-state index contributed by atoms with van der Waals surface area (Å²) in [6, 6.07) is 2.72. The van der Waals surface area contributed by atoms with E-state index in [-0.39, 0.29) is 22.2 Å². The number of nitrogens with two attached hydrogens (primary N) is 1.